The predicted octanol–water partition coefficient (Wildman–Crippen LogP) is 12.7. The van der Waals surface area contributed by atoms with Gasteiger partial charge in [-0.1, -0.05) is 111 Å². The zero-order chi connectivity index (χ0) is 30.1. The summed E-state index contributed by atoms with van der Waals surface area (Å²) in [4.78, 5) is 2.42. The van der Waals surface area contributed by atoms with Gasteiger partial charge in [-0.2, -0.15) is 0 Å². The summed E-state index contributed by atoms with van der Waals surface area (Å²) in [5.74, 6) is 0. The van der Waals surface area contributed by atoms with Gasteiger partial charge in [-0.15, -0.1) is 11.3 Å². The molecule has 9 rings (SSSR count). The van der Waals surface area contributed by atoms with E-state index in [1.807, 2.05) is 11.3 Å². The van der Waals surface area contributed by atoms with Gasteiger partial charge in [-0.25, -0.2) is 0 Å². The Labute approximate surface area is 267 Å². The standard InChI is InChI=1S/C43H31NS/c1-43(2)39-15-9-8-14-35(39)36-26-33(20-22-40(36)43)44(32-18-16-29(17-19-32)28-10-4-3-5-11-28)34-21-23-41-38(27-34)37-24-30-12-6-7-13-31(30)25-42(37)45-41/h3-27H,1-2H3. The molecule has 0 unspecified atom stereocenters. The van der Waals surface area contributed by atoms with E-state index in [1.54, 1.807) is 0 Å². The lowest BCUT2D eigenvalue weighted by atomic mass is 9.82. The number of fused-ring (bicyclic) bond motifs is 7. The van der Waals surface area contributed by atoms with Crippen molar-refractivity contribution < 1.29 is 0 Å². The number of hydrogen-bond donors (Lipinski definition) is 0. The van der Waals surface area contributed by atoms with Gasteiger partial charge in [0.2, 0.25) is 0 Å². The van der Waals surface area contributed by atoms with Crippen molar-refractivity contribution >= 4 is 59.3 Å². The maximum absolute atomic E-state index is 2.42. The monoisotopic (exact) mass is 593 g/mol. The molecule has 0 fully saturated rings. The average molecular weight is 594 g/mol. The van der Waals surface area contributed by atoms with E-state index >= 15 is 0 Å². The fraction of sp³-hybridized carbons (Fsp3) is 0.0698. The summed E-state index contributed by atoms with van der Waals surface area (Å²) in [5.41, 5.74) is 11.3. The molecule has 0 amide bonds. The molecule has 1 nitrogen and oxygen atoms in total. The molecule has 7 aromatic carbocycles. The predicted molar refractivity (Wildman–Crippen MR) is 195 cm³/mol. The van der Waals surface area contributed by atoms with Gasteiger partial charge in [0.25, 0.3) is 0 Å². The molecule has 0 atom stereocenters. The van der Waals surface area contributed by atoms with Crippen LogP contribution in [0.4, 0.5) is 17.1 Å². The molecule has 1 aliphatic carbocycles. The normalized spacial score (nSPS) is 13.3. The Morgan fingerprint density at radius 3 is 1.87 bits per heavy atom. The van der Waals surface area contributed by atoms with Crippen LogP contribution < -0.4 is 4.90 Å². The highest BCUT2D eigenvalue weighted by molar-refractivity contribution is 7.25. The van der Waals surface area contributed by atoms with E-state index in [0.29, 0.717) is 0 Å². The lowest BCUT2D eigenvalue weighted by Crippen LogP contribution is -2.15. The molecule has 2 heteroatoms. The molecular weight excluding hydrogens is 563 g/mol. The van der Waals surface area contributed by atoms with Gasteiger partial charge in [0.05, 0.1) is 0 Å². The second-order valence-electron chi connectivity index (χ2n) is 12.6. The zero-order valence-corrected chi connectivity index (χ0v) is 26.1. The Balaban J connectivity index is 1.24. The molecule has 0 aliphatic heterocycles. The Morgan fingerprint density at radius 1 is 0.444 bits per heavy atom. The van der Waals surface area contributed by atoms with Crippen molar-refractivity contribution in [2.24, 2.45) is 0 Å². The second-order valence-corrected chi connectivity index (χ2v) is 13.7. The molecule has 0 radical (unpaired) electrons. The first-order valence-corrected chi connectivity index (χ1v) is 16.4. The molecule has 1 heterocycles. The summed E-state index contributed by atoms with van der Waals surface area (Å²) >= 11 is 1.88. The molecule has 0 bridgehead atoms. The summed E-state index contributed by atoms with van der Waals surface area (Å²) in [6, 6.07) is 55.9. The Kier molecular flexibility index (Phi) is 5.78. The van der Waals surface area contributed by atoms with E-state index < -0.39 is 0 Å². The average Bonchev–Trinajstić information content (AvgIpc) is 3.55. The van der Waals surface area contributed by atoms with Crippen LogP contribution in [-0.2, 0) is 5.41 Å². The molecule has 0 spiro atoms. The number of hydrogen-bond acceptors (Lipinski definition) is 2. The molecule has 214 valence electrons. The number of thiophene rings is 1. The highest BCUT2D eigenvalue weighted by Gasteiger charge is 2.35. The Bertz CT molecular complexity index is 2400. The molecule has 0 saturated carbocycles. The quantitative estimate of drug-likeness (QED) is 0.196. The maximum Gasteiger partial charge on any atom is 0.0468 e. The minimum absolute atomic E-state index is 0.0239. The van der Waals surface area contributed by atoms with Gasteiger partial charge in [-0.05, 0) is 98.8 Å². The highest BCUT2D eigenvalue weighted by atomic mass is 32.1. The van der Waals surface area contributed by atoms with Crippen molar-refractivity contribution in [3.05, 3.63) is 163 Å². The van der Waals surface area contributed by atoms with Gasteiger partial charge in [0.1, 0.15) is 0 Å². The van der Waals surface area contributed by atoms with Gasteiger partial charge in [0, 0.05) is 42.6 Å². The topological polar surface area (TPSA) is 3.24 Å². The third kappa shape index (κ3) is 4.13. The minimum atomic E-state index is -0.0239. The van der Waals surface area contributed by atoms with Gasteiger partial charge < -0.3 is 4.90 Å². The van der Waals surface area contributed by atoms with Gasteiger partial charge >= 0.3 is 0 Å². The summed E-state index contributed by atoms with van der Waals surface area (Å²) in [6.45, 7) is 4.69. The van der Waals surface area contributed by atoms with E-state index in [0.717, 1.165) is 17.1 Å². The second kappa shape index (κ2) is 9.92. The fourth-order valence-corrected chi connectivity index (χ4v) is 8.43. The van der Waals surface area contributed by atoms with Crippen LogP contribution in [0, 0.1) is 0 Å². The largest absolute Gasteiger partial charge is 0.310 e. The minimum Gasteiger partial charge on any atom is -0.310 e. The fourth-order valence-electron chi connectivity index (χ4n) is 7.32. The van der Waals surface area contributed by atoms with Crippen molar-refractivity contribution in [2.45, 2.75) is 19.3 Å². The number of anilines is 3. The van der Waals surface area contributed by atoms with Crippen LogP contribution >= 0.6 is 11.3 Å². The van der Waals surface area contributed by atoms with Gasteiger partial charge in [-0.3, -0.25) is 0 Å². The van der Waals surface area contributed by atoms with E-state index in [4.69, 9.17) is 0 Å². The van der Waals surface area contributed by atoms with Gasteiger partial charge in [0.15, 0.2) is 0 Å². The number of nitrogens with zero attached hydrogens (tertiary/aromatic N) is 1. The van der Waals surface area contributed by atoms with Crippen LogP contribution in [0.2, 0.25) is 0 Å². The van der Waals surface area contributed by atoms with Crippen LogP contribution in [0.3, 0.4) is 0 Å². The van der Waals surface area contributed by atoms with Crippen LogP contribution in [-0.4, -0.2) is 0 Å². The highest BCUT2D eigenvalue weighted by Crippen LogP contribution is 2.51. The summed E-state index contributed by atoms with van der Waals surface area (Å²) < 4.78 is 2.64. The number of rotatable bonds is 4. The Hall–Kier alpha value is -5.18. The molecule has 0 N–H and O–H groups in total. The van der Waals surface area contributed by atoms with E-state index in [-0.39, 0.29) is 5.41 Å². The molecule has 1 aromatic heterocycles. The molecule has 0 saturated heterocycles. The first kappa shape index (κ1) is 26.2. The lowest BCUT2D eigenvalue weighted by molar-refractivity contribution is 0.660. The summed E-state index contributed by atoms with van der Waals surface area (Å²) in [6.07, 6.45) is 0. The van der Waals surface area contributed by atoms with E-state index in [1.165, 1.54) is 64.3 Å². The van der Waals surface area contributed by atoms with Crippen molar-refractivity contribution in [1.82, 2.24) is 0 Å². The lowest BCUT2D eigenvalue weighted by Gasteiger charge is -2.27. The van der Waals surface area contributed by atoms with Crippen LogP contribution in [0.1, 0.15) is 25.0 Å². The van der Waals surface area contributed by atoms with Crippen molar-refractivity contribution in [3.8, 4) is 22.3 Å². The summed E-state index contributed by atoms with van der Waals surface area (Å²) in [7, 11) is 0. The summed E-state index contributed by atoms with van der Waals surface area (Å²) in [5, 5.41) is 5.19. The molecule has 45 heavy (non-hydrogen) atoms. The maximum atomic E-state index is 2.42. The van der Waals surface area contributed by atoms with Crippen LogP contribution in [0.5, 0.6) is 0 Å². The van der Waals surface area contributed by atoms with Crippen LogP contribution in [0.15, 0.2) is 152 Å². The Morgan fingerprint density at radius 2 is 1.04 bits per heavy atom. The van der Waals surface area contributed by atoms with Crippen molar-refractivity contribution in [2.75, 3.05) is 4.90 Å². The molecule has 8 aromatic rings. The van der Waals surface area contributed by atoms with Crippen molar-refractivity contribution in [3.63, 3.8) is 0 Å². The zero-order valence-electron chi connectivity index (χ0n) is 25.3. The first-order chi connectivity index (χ1) is 22.0. The molecule has 1 aliphatic rings. The van der Waals surface area contributed by atoms with E-state index in [9.17, 15) is 0 Å². The SMILES string of the molecule is CC1(C)c2ccccc2-c2cc(N(c3ccc(-c4ccccc4)cc3)c3ccc4sc5cc6ccccc6cc5c4c3)ccc21. The number of benzene rings is 7. The third-order valence-corrected chi connectivity index (χ3v) is 10.8. The van der Waals surface area contributed by atoms with Crippen LogP contribution in [0.25, 0.3) is 53.2 Å². The third-order valence-electron chi connectivity index (χ3n) is 9.64. The molecular formula is C43H31NS. The van der Waals surface area contributed by atoms with Crippen molar-refractivity contribution in [1.29, 1.82) is 0 Å². The first-order valence-electron chi connectivity index (χ1n) is 15.6. The van der Waals surface area contributed by atoms with E-state index in [2.05, 4.69) is 170 Å². The smallest absolute Gasteiger partial charge is 0.0468 e.